The quantitative estimate of drug-likeness (QED) is 0.882. The van der Waals surface area contributed by atoms with Gasteiger partial charge in [0.25, 0.3) is 5.91 Å². The van der Waals surface area contributed by atoms with Gasteiger partial charge in [0.1, 0.15) is 17.3 Å². The molecule has 0 radical (unpaired) electrons. The second kappa shape index (κ2) is 7.95. The van der Waals surface area contributed by atoms with E-state index in [1.807, 2.05) is 0 Å². The van der Waals surface area contributed by atoms with Gasteiger partial charge in [0.05, 0.1) is 0 Å². The second-order valence-corrected chi connectivity index (χ2v) is 6.42. The van der Waals surface area contributed by atoms with E-state index in [1.54, 1.807) is 37.3 Å². The lowest BCUT2D eigenvalue weighted by molar-refractivity contribution is -0.114. The number of aryl methyl sites for hydroxylation is 1. The molecule has 136 valence electrons. The van der Waals surface area contributed by atoms with Crippen LogP contribution in [0.1, 0.15) is 42.5 Å². The summed E-state index contributed by atoms with van der Waals surface area (Å²) in [5, 5.41) is 5.53. The molecule has 0 aliphatic carbocycles. The molecule has 1 fully saturated rings. The third-order valence-corrected chi connectivity index (χ3v) is 4.20. The van der Waals surface area contributed by atoms with Crippen molar-refractivity contribution >= 4 is 29.0 Å². The van der Waals surface area contributed by atoms with E-state index in [-0.39, 0.29) is 11.8 Å². The average Bonchev–Trinajstić information content (AvgIpc) is 2.63. The van der Waals surface area contributed by atoms with Crippen molar-refractivity contribution in [3.8, 4) is 0 Å². The Hall–Kier alpha value is -2.96. The number of aromatic nitrogens is 2. The predicted octanol–water partition coefficient (Wildman–Crippen LogP) is 2.99. The molecule has 1 aliphatic rings. The maximum Gasteiger partial charge on any atom is 0.274 e. The number of carbonyl (C=O) groups excluding carboxylic acids is 2. The van der Waals surface area contributed by atoms with Gasteiger partial charge in [-0.05, 0) is 50.5 Å². The lowest BCUT2D eigenvalue weighted by Gasteiger charge is -2.28. The van der Waals surface area contributed by atoms with Crippen LogP contribution in [0, 0.1) is 6.92 Å². The molecule has 3 rings (SSSR count). The number of rotatable bonds is 4. The predicted molar refractivity (Wildman–Crippen MR) is 102 cm³/mol. The number of anilines is 3. The number of hydrogen-bond acceptors (Lipinski definition) is 5. The van der Waals surface area contributed by atoms with Crippen LogP contribution in [-0.2, 0) is 4.79 Å². The Morgan fingerprint density at radius 2 is 1.58 bits per heavy atom. The molecule has 0 atom stereocenters. The number of piperidine rings is 1. The summed E-state index contributed by atoms with van der Waals surface area (Å²) < 4.78 is 0. The zero-order chi connectivity index (χ0) is 18.5. The van der Waals surface area contributed by atoms with Gasteiger partial charge in [-0.2, -0.15) is 0 Å². The Labute approximate surface area is 152 Å². The van der Waals surface area contributed by atoms with Crippen LogP contribution in [0.2, 0.25) is 0 Å². The molecule has 0 bridgehead atoms. The molecule has 7 heteroatoms. The topological polar surface area (TPSA) is 87.2 Å². The van der Waals surface area contributed by atoms with Crippen molar-refractivity contribution in [2.75, 3.05) is 28.6 Å². The Bertz CT molecular complexity index is 798. The number of benzene rings is 1. The number of amides is 2. The van der Waals surface area contributed by atoms with Crippen LogP contribution in [0.15, 0.2) is 30.3 Å². The fraction of sp³-hybridized carbons (Fsp3) is 0.368. The molecular formula is C19H23N5O2. The molecule has 1 aliphatic heterocycles. The molecule has 1 saturated heterocycles. The first-order valence-corrected chi connectivity index (χ1v) is 8.81. The summed E-state index contributed by atoms with van der Waals surface area (Å²) in [6.45, 7) is 5.17. The van der Waals surface area contributed by atoms with Crippen LogP contribution in [-0.4, -0.2) is 34.9 Å². The van der Waals surface area contributed by atoms with Crippen molar-refractivity contribution in [2.45, 2.75) is 33.1 Å². The molecule has 0 unspecified atom stereocenters. The van der Waals surface area contributed by atoms with Crippen LogP contribution in [0.25, 0.3) is 0 Å². The molecule has 1 aromatic carbocycles. The minimum Gasteiger partial charge on any atom is -0.356 e. The highest BCUT2D eigenvalue weighted by Gasteiger charge is 2.16. The Morgan fingerprint density at radius 1 is 0.962 bits per heavy atom. The fourth-order valence-electron chi connectivity index (χ4n) is 2.99. The van der Waals surface area contributed by atoms with Crippen molar-refractivity contribution in [1.29, 1.82) is 0 Å². The first-order chi connectivity index (χ1) is 12.5. The molecule has 2 aromatic rings. The van der Waals surface area contributed by atoms with E-state index < -0.39 is 0 Å². The molecule has 0 saturated carbocycles. The smallest absolute Gasteiger partial charge is 0.274 e. The molecule has 0 spiro atoms. The van der Waals surface area contributed by atoms with Crippen LogP contribution >= 0.6 is 0 Å². The van der Waals surface area contributed by atoms with Gasteiger partial charge in [0.15, 0.2) is 0 Å². The largest absolute Gasteiger partial charge is 0.356 e. The molecule has 26 heavy (non-hydrogen) atoms. The Balaban J connectivity index is 1.72. The van der Waals surface area contributed by atoms with Gasteiger partial charge in [-0.1, -0.05) is 0 Å². The van der Waals surface area contributed by atoms with Crippen molar-refractivity contribution in [3.63, 3.8) is 0 Å². The minimum atomic E-state index is -0.277. The first-order valence-electron chi connectivity index (χ1n) is 8.81. The van der Waals surface area contributed by atoms with Crippen LogP contribution in [0.3, 0.4) is 0 Å². The Morgan fingerprint density at radius 3 is 2.19 bits per heavy atom. The standard InChI is InChI=1S/C19H23N5O2/c1-13-20-17(12-18(21-13)24-10-4-3-5-11-24)19(26)23-16-8-6-15(7-9-16)22-14(2)25/h6-9,12H,3-5,10-11H2,1-2H3,(H,22,25)(H,23,26). The number of nitrogens with one attached hydrogen (secondary N) is 2. The van der Waals surface area contributed by atoms with E-state index in [0.717, 1.165) is 31.7 Å². The van der Waals surface area contributed by atoms with Gasteiger partial charge in [-0.15, -0.1) is 0 Å². The number of carbonyl (C=O) groups is 2. The summed E-state index contributed by atoms with van der Waals surface area (Å²) in [6.07, 6.45) is 3.53. The summed E-state index contributed by atoms with van der Waals surface area (Å²) in [6, 6.07) is 8.70. The molecular weight excluding hydrogens is 330 g/mol. The van der Waals surface area contributed by atoms with Gasteiger partial charge in [0, 0.05) is 37.5 Å². The molecule has 2 heterocycles. The van der Waals surface area contributed by atoms with Crippen LogP contribution in [0.5, 0.6) is 0 Å². The van der Waals surface area contributed by atoms with Gasteiger partial charge in [0.2, 0.25) is 5.91 Å². The van der Waals surface area contributed by atoms with Gasteiger partial charge >= 0.3 is 0 Å². The van der Waals surface area contributed by atoms with E-state index in [9.17, 15) is 9.59 Å². The van der Waals surface area contributed by atoms with Gasteiger partial charge in [-0.25, -0.2) is 9.97 Å². The number of nitrogens with zero attached hydrogens (tertiary/aromatic N) is 3. The summed E-state index contributed by atoms with van der Waals surface area (Å²) in [5.74, 6) is 0.979. The van der Waals surface area contributed by atoms with E-state index in [1.165, 1.54) is 13.3 Å². The van der Waals surface area contributed by atoms with Crippen LogP contribution < -0.4 is 15.5 Å². The Kier molecular flexibility index (Phi) is 5.46. The summed E-state index contributed by atoms with van der Waals surface area (Å²) in [5.41, 5.74) is 1.67. The monoisotopic (exact) mass is 353 g/mol. The van der Waals surface area contributed by atoms with E-state index in [4.69, 9.17) is 0 Å². The maximum absolute atomic E-state index is 12.6. The first kappa shape index (κ1) is 17.8. The van der Waals surface area contributed by atoms with E-state index in [2.05, 4.69) is 25.5 Å². The molecule has 2 N–H and O–H groups in total. The highest BCUT2D eigenvalue weighted by molar-refractivity contribution is 6.03. The molecule has 1 aromatic heterocycles. The number of hydrogen-bond donors (Lipinski definition) is 2. The normalized spacial score (nSPS) is 14.0. The second-order valence-electron chi connectivity index (χ2n) is 6.42. The van der Waals surface area contributed by atoms with Crippen molar-refractivity contribution in [3.05, 3.63) is 41.9 Å². The van der Waals surface area contributed by atoms with Crippen molar-refractivity contribution < 1.29 is 9.59 Å². The van der Waals surface area contributed by atoms with Crippen LogP contribution in [0.4, 0.5) is 17.2 Å². The maximum atomic E-state index is 12.6. The van der Waals surface area contributed by atoms with Gasteiger partial charge < -0.3 is 15.5 Å². The third kappa shape index (κ3) is 4.56. The minimum absolute atomic E-state index is 0.136. The molecule has 7 nitrogen and oxygen atoms in total. The molecule has 2 amide bonds. The highest BCUT2D eigenvalue weighted by atomic mass is 16.2. The lowest BCUT2D eigenvalue weighted by atomic mass is 10.1. The van der Waals surface area contributed by atoms with E-state index in [0.29, 0.717) is 22.9 Å². The SMILES string of the molecule is CC(=O)Nc1ccc(NC(=O)c2cc(N3CCCCC3)nc(C)n2)cc1. The summed E-state index contributed by atoms with van der Waals surface area (Å²) in [4.78, 5) is 34.6. The average molecular weight is 353 g/mol. The zero-order valence-corrected chi connectivity index (χ0v) is 15.1. The third-order valence-electron chi connectivity index (χ3n) is 4.20. The highest BCUT2D eigenvalue weighted by Crippen LogP contribution is 2.19. The lowest BCUT2D eigenvalue weighted by Crippen LogP contribution is -2.31. The van der Waals surface area contributed by atoms with Crippen molar-refractivity contribution in [2.24, 2.45) is 0 Å². The summed E-state index contributed by atoms with van der Waals surface area (Å²) >= 11 is 0. The fourth-order valence-corrected chi connectivity index (χ4v) is 2.99. The zero-order valence-electron chi connectivity index (χ0n) is 15.1. The van der Waals surface area contributed by atoms with E-state index >= 15 is 0 Å². The summed E-state index contributed by atoms with van der Waals surface area (Å²) in [7, 11) is 0. The van der Waals surface area contributed by atoms with Crippen molar-refractivity contribution in [1.82, 2.24) is 9.97 Å². The van der Waals surface area contributed by atoms with Gasteiger partial charge in [-0.3, -0.25) is 9.59 Å².